The zero-order valence-corrected chi connectivity index (χ0v) is 17.3. The Balaban J connectivity index is 1.94. The molecule has 0 radical (unpaired) electrons. The van der Waals surface area contributed by atoms with Gasteiger partial charge in [0.15, 0.2) is 29.1 Å². The van der Waals surface area contributed by atoms with Crippen molar-refractivity contribution in [1.82, 2.24) is 0 Å². The van der Waals surface area contributed by atoms with Crippen LogP contribution in [0.3, 0.4) is 0 Å². The number of ether oxygens (including phenoxy) is 2. The third kappa shape index (κ3) is 4.00. The summed E-state index contributed by atoms with van der Waals surface area (Å²) in [7, 11) is 0. The summed E-state index contributed by atoms with van der Waals surface area (Å²) < 4.78 is 15.9. The molecule has 2 heterocycles. The smallest absolute Gasteiger partial charge is 0.335 e. The molecule has 0 saturated carbocycles. The second-order valence-electron chi connectivity index (χ2n) is 7.64. The van der Waals surface area contributed by atoms with Gasteiger partial charge in [0, 0.05) is 17.7 Å². The second kappa shape index (κ2) is 8.52. The molecular formula is C21H18O14. The molecule has 0 bridgehead atoms. The molecule has 4 rings (SSSR count). The summed E-state index contributed by atoms with van der Waals surface area (Å²) in [5, 5.41) is 88.2. The monoisotopic (exact) mass is 494 g/mol. The fourth-order valence-corrected chi connectivity index (χ4v) is 3.57. The van der Waals surface area contributed by atoms with E-state index in [9.17, 15) is 55.5 Å². The Morgan fingerprint density at radius 3 is 2.09 bits per heavy atom. The predicted octanol–water partition coefficient (Wildman–Crippen LogP) is -0.741. The van der Waals surface area contributed by atoms with Gasteiger partial charge < -0.3 is 59.8 Å². The molecule has 0 spiro atoms. The molecule has 5 atom stereocenters. The first kappa shape index (κ1) is 23.9. The van der Waals surface area contributed by atoms with Gasteiger partial charge in [-0.15, -0.1) is 0 Å². The molecule has 35 heavy (non-hydrogen) atoms. The maximum Gasteiger partial charge on any atom is 0.335 e. The van der Waals surface area contributed by atoms with Crippen LogP contribution in [-0.2, 0) is 9.53 Å². The van der Waals surface area contributed by atoms with Crippen LogP contribution in [0, 0.1) is 0 Å². The topological polar surface area (TPSA) is 248 Å². The van der Waals surface area contributed by atoms with E-state index in [-0.39, 0.29) is 11.1 Å². The average molecular weight is 494 g/mol. The van der Waals surface area contributed by atoms with Gasteiger partial charge in [0.05, 0.1) is 0 Å². The number of carboxylic acids is 1. The number of aliphatic carboxylic acids is 1. The van der Waals surface area contributed by atoms with Gasteiger partial charge >= 0.3 is 5.97 Å². The molecule has 3 aromatic rings. The number of aliphatic hydroxyl groups is 3. The molecule has 186 valence electrons. The van der Waals surface area contributed by atoms with Gasteiger partial charge in [0.2, 0.25) is 17.5 Å². The largest absolute Gasteiger partial charge is 0.508 e. The molecule has 1 aliphatic heterocycles. The SMILES string of the molecule is O=C(O)[C@H]1O[C@@H](Oc2c(-c3cc(O)c(O)c(O)c3)oc3cc(O)cc(O)c3c2=O)[C@H](O)[C@@H](O)[C@H]1O. The fraction of sp³-hybridized carbons (Fsp3) is 0.238. The van der Waals surface area contributed by atoms with E-state index >= 15 is 0 Å². The van der Waals surface area contributed by atoms with E-state index in [1.807, 2.05) is 0 Å². The van der Waals surface area contributed by atoms with Crippen molar-refractivity contribution in [3.05, 3.63) is 34.5 Å². The van der Waals surface area contributed by atoms with Crippen LogP contribution in [-0.4, -0.2) is 82.6 Å². The van der Waals surface area contributed by atoms with Gasteiger partial charge in [0.1, 0.15) is 40.8 Å². The molecule has 14 heteroatoms. The lowest BCUT2D eigenvalue weighted by atomic mass is 9.99. The molecular weight excluding hydrogens is 476 g/mol. The van der Waals surface area contributed by atoms with E-state index in [1.165, 1.54) is 0 Å². The summed E-state index contributed by atoms with van der Waals surface area (Å²) in [4.78, 5) is 24.6. The standard InChI is InChI=1S/C21H18O14/c22-6-3-7(23)11-10(4-6)33-17(5-1-8(24)12(26)9(25)2-5)18(13(11)27)34-21-16(30)14(28)15(29)19(35-21)20(31)32/h1-4,14-16,19,21-26,28-30H,(H,31,32)/t14-,15+,16+,19-,21+/m0/s1. The molecule has 1 aromatic heterocycles. The summed E-state index contributed by atoms with van der Waals surface area (Å²) in [5.74, 6) is -6.98. The summed E-state index contributed by atoms with van der Waals surface area (Å²) in [6.45, 7) is 0. The highest BCUT2D eigenvalue weighted by molar-refractivity contribution is 5.88. The molecule has 1 fully saturated rings. The number of hydrogen-bond acceptors (Lipinski definition) is 13. The lowest BCUT2D eigenvalue weighted by Crippen LogP contribution is -2.61. The third-order valence-electron chi connectivity index (χ3n) is 5.30. The number of rotatable bonds is 4. The molecule has 1 saturated heterocycles. The zero-order chi connectivity index (χ0) is 25.8. The van der Waals surface area contributed by atoms with E-state index in [0.717, 1.165) is 24.3 Å². The van der Waals surface area contributed by atoms with Crippen molar-refractivity contribution in [3.8, 4) is 45.8 Å². The molecule has 1 aliphatic rings. The van der Waals surface area contributed by atoms with E-state index in [2.05, 4.69) is 0 Å². The van der Waals surface area contributed by atoms with Gasteiger partial charge in [-0.2, -0.15) is 0 Å². The highest BCUT2D eigenvalue weighted by Gasteiger charge is 2.48. The Labute approximate surface area is 193 Å². The Morgan fingerprint density at radius 2 is 1.49 bits per heavy atom. The summed E-state index contributed by atoms with van der Waals surface area (Å²) in [6, 6.07) is 3.47. The van der Waals surface area contributed by atoms with Gasteiger partial charge in [-0.1, -0.05) is 0 Å². The van der Waals surface area contributed by atoms with Crippen molar-refractivity contribution >= 4 is 16.9 Å². The van der Waals surface area contributed by atoms with Gasteiger partial charge in [-0.3, -0.25) is 4.79 Å². The molecule has 2 aromatic carbocycles. The van der Waals surface area contributed by atoms with E-state index in [0.29, 0.717) is 0 Å². The van der Waals surface area contributed by atoms with Gasteiger partial charge in [-0.05, 0) is 12.1 Å². The van der Waals surface area contributed by atoms with Crippen molar-refractivity contribution in [3.63, 3.8) is 0 Å². The Morgan fingerprint density at radius 1 is 0.857 bits per heavy atom. The van der Waals surface area contributed by atoms with Crippen LogP contribution in [0.5, 0.6) is 34.5 Å². The van der Waals surface area contributed by atoms with Crippen molar-refractivity contribution in [2.24, 2.45) is 0 Å². The maximum absolute atomic E-state index is 13.3. The first-order valence-corrected chi connectivity index (χ1v) is 9.78. The Hall–Kier alpha value is -4.24. The number of fused-ring (bicyclic) bond motifs is 1. The Kier molecular flexibility index (Phi) is 5.82. The van der Waals surface area contributed by atoms with Crippen LogP contribution in [0.1, 0.15) is 0 Å². The van der Waals surface area contributed by atoms with Crippen LogP contribution < -0.4 is 10.2 Å². The van der Waals surface area contributed by atoms with Crippen LogP contribution >= 0.6 is 0 Å². The van der Waals surface area contributed by atoms with E-state index in [4.69, 9.17) is 13.9 Å². The first-order valence-electron chi connectivity index (χ1n) is 9.78. The summed E-state index contributed by atoms with van der Waals surface area (Å²) in [5.41, 5.74) is -1.80. The molecule has 0 unspecified atom stereocenters. The van der Waals surface area contributed by atoms with Crippen molar-refractivity contribution in [2.45, 2.75) is 30.7 Å². The molecule has 9 N–H and O–H groups in total. The molecule has 14 nitrogen and oxygen atoms in total. The molecule has 0 amide bonds. The number of phenols is 5. The van der Waals surface area contributed by atoms with Crippen LogP contribution in [0.2, 0.25) is 0 Å². The van der Waals surface area contributed by atoms with E-state index in [1.54, 1.807) is 0 Å². The number of aromatic hydroxyl groups is 5. The summed E-state index contributed by atoms with van der Waals surface area (Å²) >= 11 is 0. The molecule has 0 aliphatic carbocycles. The zero-order valence-electron chi connectivity index (χ0n) is 17.3. The minimum atomic E-state index is -2.07. The first-order chi connectivity index (χ1) is 16.4. The lowest BCUT2D eigenvalue weighted by Gasteiger charge is -2.38. The Bertz CT molecular complexity index is 1360. The normalized spacial score (nSPS) is 24.4. The number of phenolic OH excluding ortho intramolecular Hbond substituents is 5. The number of hydrogen-bond donors (Lipinski definition) is 9. The van der Waals surface area contributed by atoms with Gasteiger partial charge in [-0.25, -0.2) is 4.79 Å². The maximum atomic E-state index is 13.3. The van der Waals surface area contributed by atoms with Crippen molar-refractivity contribution < 1.29 is 64.6 Å². The minimum absolute atomic E-state index is 0.282. The second-order valence-corrected chi connectivity index (χ2v) is 7.64. The van der Waals surface area contributed by atoms with Gasteiger partial charge in [0.25, 0.3) is 0 Å². The highest BCUT2D eigenvalue weighted by Crippen LogP contribution is 2.43. The average Bonchev–Trinajstić information content (AvgIpc) is 2.77. The summed E-state index contributed by atoms with van der Waals surface area (Å²) in [6.07, 6.45) is -10.3. The van der Waals surface area contributed by atoms with E-state index < -0.39 is 87.7 Å². The quantitative estimate of drug-likeness (QED) is 0.203. The number of aliphatic hydroxyl groups excluding tert-OH is 3. The third-order valence-corrected chi connectivity index (χ3v) is 5.30. The van der Waals surface area contributed by atoms with Crippen LogP contribution in [0.25, 0.3) is 22.3 Å². The van der Waals surface area contributed by atoms with Crippen LogP contribution in [0.4, 0.5) is 0 Å². The number of carboxylic acid groups (broad SMARTS) is 1. The highest BCUT2D eigenvalue weighted by atomic mass is 16.7. The van der Waals surface area contributed by atoms with Crippen molar-refractivity contribution in [2.75, 3.05) is 0 Å². The van der Waals surface area contributed by atoms with Crippen LogP contribution in [0.15, 0.2) is 33.5 Å². The lowest BCUT2D eigenvalue weighted by molar-refractivity contribution is -0.271. The minimum Gasteiger partial charge on any atom is -0.508 e. The number of benzene rings is 2. The number of carbonyl (C=O) groups is 1. The van der Waals surface area contributed by atoms with Crippen molar-refractivity contribution in [1.29, 1.82) is 0 Å². The fourth-order valence-electron chi connectivity index (χ4n) is 3.57. The predicted molar refractivity (Wildman–Crippen MR) is 111 cm³/mol.